The molecule has 0 aliphatic carbocycles. The summed E-state index contributed by atoms with van der Waals surface area (Å²) >= 11 is 0. The van der Waals surface area contributed by atoms with Gasteiger partial charge < -0.3 is 10.1 Å². The molecule has 2 aromatic rings. The van der Waals surface area contributed by atoms with Crippen LogP contribution in [-0.4, -0.2) is 7.11 Å². The number of anilines is 1. The summed E-state index contributed by atoms with van der Waals surface area (Å²) < 4.78 is 19.0. The molecule has 0 aromatic heterocycles. The molecule has 0 amide bonds. The molecule has 2 nitrogen and oxygen atoms in total. The first kappa shape index (κ1) is 13.4. The van der Waals surface area contributed by atoms with Crippen LogP contribution in [0.5, 0.6) is 5.75 Å². The Morgan fingerprint density at radius 3 is 2.58 bits per heavy atom. The normalized spacial score (nSPS) is 12.0. The van der Waals surface area contributed by atoms with E-state index in [2.05, 4.69) is 11.4 Å². The summed E-state index contributed by atoms with van der Waals surface area (Å²) in [6, 6.07) is 12.6. The zero-order valence-corrected chi connectivity index (χ0v) is 11.4. The quantitative estimate of drug-likeness (QED) is 0.883. The van der Waals surface area contributed by atoms with Crippen LogP contribution in [0.4, 0.5) is 10.1 Å². The molecule has 0 saturated heterocycles. The van der Waals surface area contributed by atoms with Gasteiger partial charge in [-0.15, -0.1) is 0 Å². The molecule has 2 rings (SSSR count). The number of halogens is 1. The Morgan fingerprint density at radius 1 is 1.16 bits per heavy atom. The standard InChI is InChI=1S/C16H18FNO/c1-11-8-9-16(19-3)13(10-11)12(2)18-15-7-5-4-6-14(15)17/h4-10,12,18H,1-3H3. The van der Waals surface area contributed by atoms with E-state index in [1.807, 2.05) is 32.0 Å². The summed E-state index contributed by atoms with van der Waals surface area (Å²) in [4.78, 5) is 0. The largest absolute Gasteiger partial charge is 0.496 e. The molecule has 0 radical (unpaired) electrons. The summed E-state index contributed by atoms with van der Waals surface area (Å²) in [7, 11) is 1.64. The maximum Gasteiger partial charge on any atom is 0.146 e. The van der Waals surface area contributed by atoms with Crippen molar-refractivity contribution >= 4 is 5.69 Å². The van der Waals surface area contributed by atoms with E-state index in [-0.39, 0.29) is 11.9 Å². The first-order valence-corrected chi connectivity index (χ1v) is 6.27. The SMILES string of the molecule is COc1ccc(C)cc1C(C)Nc1ccccc1F. The monoisotopic (exact) mass is 259 g/mol. The maximum atomic E-state index is 13.6. The molecule has 2 aromatic carbocycles. The van der Waals surface area contributed by atoms with Crippen LogP contribution in [0, 0.1) is 12.7 Å². The number of nitrogens with one attached hydrogen (secondary N) is 1. The van der Waals surface area contributed by atoms with Gasteiger partial charge in [0.25, 0.3) is 0 Å². The van der Waals surface area contributed by atoms with Crippen molar-refractivity contribution in [1.82, 2.24) is 0 Å². The van der Waals surface area contributed by atoms with Gasteiger partial charge in [0.15, 0.2) is 0 Å². The average molecular weight is 259 g/mol. The van der Waals surface area contributed by atoms with Crippen LogP contribution in [0.3, 0.4) is 0 Å². The van der Waals surface area contributed by atoms with Crippen molar-refractivity contribution < 1.29 is 9.13 Å². The van der Waals surface area contributed by atoms with Gasteiger partial charge in [-0.05, 0) is 32.0 Å². The highest BCUT2D eigenvalue weighted by Gasteiger charge is 2.13. The highest BCUT2D eigenvalue weighted by atomic mass is 19.1. The molecule has 0 aliphatic rings. The summed E-state index contributed by atoms with van der Waals surface area (Å²) in [5.74, 6) is 0.558. The Hall–Kier alpha value is -2.03. The van der Waals surface area contributed by atoms with Crippen LogP contribution in [0.15, 0.2) is 42.5 Å². The molecule has 0 saturated carbocycles. The number of ether oxygens (including phenoxy) is 1. The van der Waals surface area contributed by atoms with Crippen LogP contribution in [0.1, 0.15) is 24.1 Å². The average Bonchev–Trinajstić information content (AvgIpc) is 2.41. The lowest BCUT2D eigenvalue weighted by atomic mass is 10.0. The minimum Gasteiger partial charge on any atom is -0.496 e. The van der Waals surface area contributed by atoms with E-state index in [0.717, 1.165) is 16.9 Å². The van der Waals surface area contributed by atoms with Gasteiger partial charge in [-0.1, -0.05) is 29.8 Å². The summed E-state index contributed by atoms with van der Waals surface area (Å²) in [5, 5.41) is 3.17. The van der Waals surface area contributed by atoms with Crippen LogP contribution >= 0.6 is 0 Å². The van der Waals surface area contributed by atoms with Gasteiger partial charge in [0.05, 0.1) is 18.8 Å². The predicted octanol–water partition coefficient (Wildman–Crippen LogP) is 4.32. The molecule has 0 bridgehead atoms. The third kappa shape index (κ3) is 3.05. The molecule has 1 N–H and O–H groups in total. The fourth-order valence-corrected chi connectivity index (χ4v) is 2.08. The molecule has 1 atom stereocenters. The number of aryl methyl sites for hydroxylation is 1. The van der Waals surface area contributed by atoms with E-state index in [1.54, 1.807) is 19.2 Å². The van der Waals surface area contributed by atoms with Crippen LogP contribution in [-0.2, 0) is 0 Å². The second-order valence-corrected chi connectivity index (χ2v) is 4.59. The predicted molar refractivity (Wildman–Crippen MR) is 76.2 cm³/mol. The second-order valence-electron chi connectivity index (χ2n) is 4.59. The fraction of sp³-hybridized carbons (Fsp3) is 0.250. The lowest BCUT2D eigenvalue weighted by Crippen LogP contribution is -2.09. The molecule has 100 valence electrons. The zero-order chi connectivity index (χ0) is 13.8. The Bertz CT molecular complexity index is 568. The van der Waals surface area contributed by atoms with Crippen molar-refractivity contribution in [1.29, 1.82) is 0 Å². The van der Waals surface area contributed by atoms with Crippen molar-refractivity contribution in [2.45, 2.75) is 19.9 Å². The first-order valence-electron chi connectivity index (χ1n) is 6.27. The Balaban J connectivity index is 2.27. The molecule has 19 heavy (non-hydrogen) atoms. The first-order chi connectivity index (χ1) is 9.11. The molecular weight excluding hydrogens is 241 g/mol. The van der Waals surface area contributed by atoms with Crippen molar-refractivity contribution in [2.24, 2.45) is 0 Å². The Kier molecular flexibility index (Phi) is 4.05. The molecule has 1 unspecified atom stereocenters. The highest BCUT2D eigenvalue weighted by molar-refractivity contribution is 5.49. The van der Waals surface area contributed by atoms with Crippen molar-refractivity contribution in [3.63, 3.8) is 0 Å². The second kappa shape index (κ2) is 5.74. The van der Waals surface area contributed by atoms with E-state index in [4.69, 9.17) is 4.74 Å². The van der Waals surface area contributed by atoms with E-state index in [0.29, 0.717) is 5.69 Å². The Labute approximate surface area is 113 Å². The molecule has 3 heteroatoms. The van der Waals surface area contributed by atoms with Gasteiger partial charge in [-0.3, -0.25) is 0 Å². The smallest absolute Gasteiger partial charge is 0.146 e. The van der Waals surface area contributed by atoms with Crippen molar-refractivity contribution in [3.05, 3.63) is 59.4 Å². The molecular formula is C16H18FNO. The van der Waals surface area contributed by atoms with E-state index in [9.17, 15) is 4.39 Å². The van der Waals surface area contributed by atoms with Crippen LogP contribution < -0.4 is 10.1 Å². The fourth-order valence-electron chi connectivity index (χ4n) is 2.08. The van der Waals surface area contributed by atoms with Crippen LogP contribution in [0.2, 0.25) is 0 Å². The van der Waals surface area contributed by atoms with Gasteiger partial charge in [-0.2, -0.15) is 0 Å². The lowest BCUT2D eigenvalue weighted by Gasteiger charge is -2.19. The molecule has 0 aliphatic heterocycles. The topological polar surface area (TPSA) is 21.3 Å². The van der Waals surface area contributed by atoms with Gasteiger partial charge in [0, 0.05) is 5.56 Å². The number of hydrogen-bond donors (Lipinski definition) is 1. The number of rotatable bonds is 4. The van der Waals surface area contributed by atoms with Gasteiger partial charge >= 0.3 is 0 Å². The summed E-state index contributed by atoms with van der Waals surface area (Å²) in [6.45, 7) is 4.02. The third-order valence-electron chi connectivity index (χ3n) is 3.10. The number of benzene rings is 2. The Morgan fingerprint density at radius 2 is 1.89 bits per heavy atom. The van der Waals surface area contributed by atoms with Gasteiger partial charge in [-0.25, -0.2) is 4.39 Å². The molecule has 0 fully saturated rings. The maximum absolute atomic E-state index is 13.6. The van der Waals surface area contributed by atoms with Crippen molar-refractivity contribution in [2.75, 3.05) is 12.4 Å². The number of methoxy groups -OCH3 is 1. The lowest BCUT2D eigenvalue weighted by molar-refractivity contribution is 0.407. The minimum atomic E-state index is -0.249. The number of para-hydroxylation sites is 1. The van der Waals surface area contributed by atoms with Crippen LogP contribution in [0.25, 0.3) is 0 Å². The van der Waals surface area contributed by atoms with Gasteiger partial charge in [0.2, 0.25) is 0 Å². The van der Waals surface area contributed by atoms with E-state index < -0.39 is 0 Å². The number of hydrogen-bond acceptors (Lipinski definition) is 2. The highest BCUT2D eigenvalue weighted by Crippen LogP contribution is 2.29. The zero-order valence-electron chi connectivity index (χ0n) is 11.4. The van der Waals surface area contributed by atoms with Gasteiger partial charge in [0.1, 0.15) is 11.6 Å². The van der Waals surface area contributed by atoms with Crippen molar-refractivity contribution in [3.8, 4) is 5.75 Å². The minimum absolute atomic E-state index is 0.0354. The molecule has 0 heterocycles. The van der Waals surface area contributed by atoms with E-state index in [1.165, 1.54) is 6.07 Å². The molecule has 0 spiro atoms. The van der Waals surface area contributed by atoms with E-state index >= 15 is 0 Å². The summed E-state index contributed by atoms with van der Waals surface area (Å²) in [6.07, 6.45) is 0. The summed E-state index contributed by atoms with van der Waals surface area (Å²) in [5.41, 5.74) is 2.67. The third-order valence-corrected chi connectivity index (χ3v) is 3.10.